The van der Waals surface area contributed by atoms with Crippen molar-refractivity contribution in [3.05, 3.63) is 41.7 Å². The molecule has 3 heterocycles. The summed E-state index contributed by atoms with van der Waals surface area (Å²) in [6.07, 6.45) is 2.43. The van der Waals surface area contributed by atoms with Gasteiger partial charge in [0.2, 0.25) is 0 Å². The smallest absolute Gasteiger partial charge is 0.410 e. The molecule has 29 heavy (non-hydrogen) atoms. The van der Waals surface area contributed by atoms with Gasteiger partial charge >= 0.3 is 12.1 Å². The molecule has 1 aromatic carbocycles. The molecule has 2 aliphatic rings. The first-order chi connectivity index (χ1) is 13.8. The summed E-state index contributed by atoms with van der Waals surface area (Å²) < 4.78 is 7.06. The SMILES string of the molecule is CN1CC2(CCCN(C(=O)c3cccc(-c4ncc(C(=O)O)n4C)c3)C2)OC1=O. The number of piperidine rings is 1. The van der Waals surface area contributed by atoms with Crippen molar-refractivity contribution in [2.75, 3.05) is 26.7 Å². The summed E-state index contributed by atoms with van der Waals surface area (Å²) in [5, 5.41) is 9.22. The van der Waals surface area contributed by atoms with Crippen LogP contribution in [0.2, 0.25) is 0 Å². The zero-order chi connectivity index (χ0) is 20.8. The van der Waals surface area contributed by atoms with E-state index in [1.54, 1.807) is 43.3 Å². The van der Waals surface area contributed by atoms with Crippen LogP contribution in [-0.4, -0.2) is 74.7 Å². The Morgan fingerprint density at radius 2 is 2.03 bits per heavy atom. The lowest BCUT2D eigenvalue weighted by atomic mass is 9.92. The molecule has 0 saturated carbocycles. The lowest BCUT2D eigenvalue weighted by Crippen LogP contribution is -2.52. The molecule has 152 valence electrons. The zero-order valence-electron chi connectivity index (χ0n) is 16.3. The molecule has 1 atom stereocenters. The lowest BCUT2D eigenvalue weighted by molar-refractivity contribution is -0.00521. The Balaban J connectivity index is 1.58. The molecule has 9 heteroatoms. The third kappa shape index (κ3) is 3.32. The van der Waals surface area contributed by atoms with Crippen molar-refractivity contribution in [2.24, 2.45) is 7.05 Å². The standard InChI is InChI=1S/C20H22N4O5/c1-22-11-20(29-19(22)28)7-4-8-24(12-20)17(25)14-6-3-5-13(9-14)16-21-10-15(18(26)27)23(16)2/h3,5-6,9-10H,4,7-8,11-12H2,1-2H3,(H,26,27). The minimum Gasteiger partial charge on any atom is -0.477 e. The second-order valence-corrected chi connectivity index (χ2v) is 7.65. The van der Waals surface area contributed by atoms with Gasteiger partial charge in [-0.1, -0.05) is 12.1 Å². The van der Waals surface area contributed by atoms with Crippen molar-refractivity contribution in [1.29, 1.82) is 0 Å². The maximum atomic E-state index is 13.1. The first-order valence-electron chi connectivity index (χ1n) is 9.38. The summed E-state index contributed by atoms with van der Waals surface area (Å²) in [4.78, 5) is 43.7. The number of nitrogens with zero attached hydrogens (tertiary/aromatic N) is 4. The highest BCUT2D eigenvalue weighted by molar-refractivity contribution is 5.95. The predicted octanol–water partition coefficient (Wildman–Crippen LogP) is 1.84. The van der Waals surface area contributed by atoms with Crippen molar-refractivity contribution in [3.63, 3.8) is 0 Å². The van der Waals surface area contributed by atoms with Gasteiger partial charge in [0.15, 0.2) is 0 Å². The Labute approximate surface area is 167 Å². The predicted molar refractivity (Wildman–Crippen MR) is 103 cm³/mol. The van der Waals surface area contributed by atoms with Gasteiger partial charge in [0.1, 0.15) is 17.1 Å². The third-order valence-electron chi connectivity index (χ3n) is 5.54. The fourth-order valence-electron chi connectivity index (χ4n) is 4.13. The van der Waals surface area contributed by atoms with E-state index in [1.807, 2.05) is 0 Å². The van der Waals surface area contributed by atoms with Crippen LogP contribution in [0, 0.1) is 0 Å². The van der Waals surface area contributed by atoms with E-state index in [1.165, 1.54) is 15.7 Å². The van der Waals surface area contributed by atoms with Gasteiger partial charge in [-0.3, -0.25) is 4.79 Å². The number of imidazole rings is 1. The molecule has 0 radical (unpaired) electrons. The average Bonchev–Trinajstić information content (AvgIpc) is 3.20. The summed E-state index contributed by atoms with van der Waals surface area (Å²) in [6.45, 7) is 1.43. The Kier molecular flexibility index (Phi) is 4.52. The van der Waals surface area contributed by atoms with Crippen LogP contribution < -0.4 is 0 Å². The van der Waals surface area contributed by atoms with E-state index in [0.717, 1.165) is 12.8 Å². The fraction of sp³-hybridized carbons (Fsp3) is 0.400. The molecule has 4 rings (SSSR count). The minimum atomic E-state index is -1.06. The van der Waals surface area contributed by atoms with Crippen LogP contribution >= 0.6 is 0 Å². The van der Waals surface area contributed by atoms with E-state index in [-0.39, 0.29) is 17.7 Å². The molecule has 0 aliphatic carbocycles. The van der Waals surface area contributed by atoms with E-state index < -0.39 is 11.6 Å². The molecule has 2 amide bonds. The topological polar surface area (TPSA) is 105 Å². The molecular formula is C20H22N4O5. The molecule has 2 fully saturated rings. The van der Waals surface area contributed by atoms with Crippen molar-refractivity contribution < 1.29 is 24.2 Å². The van der Waals surface area contributed by atoms with E-state index in [4.69, 9.17) is 4.74 Å². The van der Waals surface area contributed by atoms with Crippen LogP contribution in [0.5, 0.6) is 0 Å². The molecular weight excluding hydrogens is 376 g/mol. The van der Waals surface area contributed by atoms with Crippen molar-refractivity contribution in [2.45, 2.75) is 18.4 Å². The number of hydrogen-bond donors (Lipinski definition) is 1. The van der Waals surface area contributed by atoms with Gasteiger partial charge in [-0.25, -0.2) is 14.6 Å². The monoisotopic (exact) mass is 398 g/mol. The van der Waals surface area contributed by atoms with Crippen molar-refractivity contribution in [3.8, 4) is 11.4 Å². The van der Waals surface area contributed by atoms with Gasteiger partial charge in [0, 0.05) is 31.8 Å². The summed E-state index contributed by atoms with van der Waals surface area (Å²) >= 11 is 0. The van der Waals surface area contributed by atoms with Crippen molar-refractivity contribution in [1.82, 2.24) is 19.4 Å². The number of rotatable bonds is 3. The second-order valence-electron chi connectivity index (χ2n) is 7.65. The maximum absolute atomic E-state index is 13.1. The quantitative estimate of drug-likeness (QED) is 0.846. The molecule has 0 bridgehead atoms. The highest BCUT2D eigenvalue weighted by Crippen LogP contribution is 2.32. The first kappa shape index (κ1) is 19.0. The number of benzene rings is 1. The third-order valence-corrected chi connectivity index (χ3v) is 5.54. The highest BCUT2D eigenvalue weighted by Gasteiger charge is 2.47. The molecule has 1 N–H and O–H groups in total. The largest absolute Gasteiger partial charge is 0.477 e. The van der Waals surface area contributed by atoms with E-state index in [0.29, 0.717) is 36.6 Å². The summed E-state index contributed by atoms with van der Waals surface area (Å²) in [5.41, 5.74) is 0.566. The second kappa shape index (κ2) is 6.91. The first-order valence-corrected chi connectivity index (χ1v) is 9.38. The number of likely N-dealkylation sites (N-methyl/N-ethyl adjacent to an activating group) is 1. The van der Waals surface area contributed by atoms with E-state index >= 15 is 0 Å². The summed E-state index contributed by atoms with van der Waals surface area (Å²) in [7, 11) is 3.32. The maximum Gasteiger partial charge on any atom is 0.410 e. The Bertz CT molecular complexity index is 1000. The molecule has 9 nitrogen and oxygen atoms in total. The summed E-state index contributed by atoms with van der Waals surface area (Å²) in [5.74, 6) is -0.740. The molecule has 1 spiro atoms. The number of carboxylic acid groups (broad SMARTS) is 1. The summed E-state index contributed by atoms with van der Waals surface area (Å²) in [6, 6.07) is 6.97. The van der Waals surface area contributed by atoms with Crippen LogP contribution in [0.4, 0.5) is 4.79 Å². The van der Waals surface area contributed by atoms with Gasteiger partial charge in [-0.15, -0.1) is 0 Å². The number of hydrogen-bond acceptors (Lipinski definition) is 5. The zero-order valence-corrected chi connectivity index (χ0v) is 16.3. The van der Waals surface area contributed by atoms with Gasteiger partial charge in [-0.05, 0) is 25.0 Å². The number of aromatic nitrogens is 2. The number of carbonyl (C=O) groups excluding carboxylic acids is 2. The fourth-order valence-corrected chi connectivity index (χ4v) is 4.13. The van der Waals surface area contributed by atoms with Gasteiger partial charge in [0.25, 0.3) is 5.91 Å². The van der Waals surface area contributed by atoms with Crippen LogP contribution in [0.25, 0.3) is 11.4 Å². The van der Waals surface area contributed by atoms with E-state index in [9.17, 15) is 19.5 Å². The molecule has 1 aromatic heterocycles. The molecule has 2 aliphatic heterocycles. The van der Waals surface area contributed by atoms with Gasteiger partial charge in [-0.2, -0.15) is 0 Å². The van der Waals surface area contributed by atoms with Crippen LogP contribution in [0.15, 0.2) is 30.5 Å². The van der Waals surface area contributed by atoms with Gasteiger partial charge in [0.05, 0.1) is 19.3 Å². The van der Waals surface area contributed by atoms with Crippen LogP contribution in [0.1, 0.15) is 33.7 Å². The number of aromatic carboxylic acids is 1. The number of amides is 2. The van der Waals surface area contributed by atoms with Crippen LogP contribution in [0.3, 0.4) is 0 Å². The molecule has 1 unspecified atom stereocenters. The average molecular weight is 398 g/mol. The molecule has 2 aromatic rings. The van der Waals surface area contributed by atoms with E-state index in [2.05, 4.69) is 4.98 Å². The Morgan fingerprint density at radius 1 is 1.24 bits per heavy atom. The Hall–Kier alpha value is -3.36. The molecule has 2 saturated heterocycles. The minimum absolute atomic E-state index is 0.0712. The van der Waals surface area contributed by atoms with Crippen molar-refractivity contribution >= 4 is 18.0 Å². The Morgan fingerprint density at radius 3 is 2.69 bits per heavy atom. The normalized spacial score (nSPS) is 21.5. The highest BCUT2D eigenvalue weighted by atomic mass is 16.6. The van der Waals surface area contributed by atoms with Gasteiger partial charge < -0.3 is 24.2 Å². The lowest BCUT2D eigenvalue weighted by Gasteiger charge is -2.38. The number of ether oxygens (including phenoxy) is 1. The number of carboxylic acids is 1. The number of likely N-dealkylation sites (tertiary alicyclic amines) is 1. The number of carbonyl (C=O) groups is 3. The van der Waals surface area contributed by atoms with Crippen LogP contribution in [-0.2, 0) is 11.8 Å².